The minimum Gasteiger partial charge on any atom is -0.318 e. The van der Waals surface area contributed by atoms with Crippen LogP contribution in [-0.4, -0.2) is 34.5 Å². The molecule has 0 saturated heterocycles. The van der Waals surface area contributed by atoms with E-state index in [9.17, 15) is 0 Å². The Balaban J connectivity index is 1.71. The summed E-state index contributed by atoms with van der Waals surface area (Å²) < 4.78 is 2.34. The fourth-order valence-corrected chi connectivity index (χ4v) is 4.53. The van der Waals surface area contributed by atoms with Crippen LogP contribution in [0.2, 0.25) is 0 Å². The van der Waals surface area contributed by atoms with Gasteiger partial charge in [0.1, 0.15) is 5.82 Å². The summed E-state index contributed by atoms with van der Waals surface area (Å²) in [5, 5.41) is 0.973. The van der Waals surface area contributed by atoms with Gasteiger partial charge in [-0.1, -0.05) is 6.92 Å². The van der Waals surface area contributed by atoms with Crippen LogP contribution in [0.15, 0.2) is 85.7 Å². The molecule has 5 heterocycles. The minimum absolute atomic E-state index is 0.157. The number of fused-ring (bicyclic) bond motifs is 2. The molecule has 36 heavy (non-hydrogen) atoms. The van der Waals surface area contributed by atoms with Gasteiger partial charge in [0, 0.05) is 64.8 Å². The van der Waals surface area contributed by atoms with Gasteiger partial charge >= 0.3 is 0 Å². The summed E-state index contributed by atoms with van der Waals surface area (Å²) >= 11 is 0. The number of imidazole rings is 1. The van der Waals surface area contributed by atoms with Crippen LogP contribution in [0.1, 0.15) is 27.2 Å². The fraction of sp³-hybridized carbons (Fsp3) is 0.172. The van der Waals surface area contributed by atoms with Crippen molar-refractivity contribution in [2.45, 2.75) is 32.7 Å². The second-order valence-corrected chi connectivity index (χ2v) is 9.40. The van der Waals surface area contributed by atoms with E-state index in [0.717, 1.165) is 56.6 Å². The first kappa shape index (κ1) is 22.0. The highest BCUT2D eigenvalue weighted by molar-refractivity contribution is 6.01. The van der Waals surface area contributed by atoms with Crippen molar-refractivity contribution in [1.82, 2.24) is 34.5 Å². The van der Waals surface area contributed by atoms with Crippen molar-refractivity contribution in [2.24, 2.45) is 0 Å². The van der Waals surface area contributed by atoms with E-state index in [2.05, 4.69) is 52.4 Å². The molecule has 0 aliphatic rings. The Morgan fingerprint density at radius 2 is 1.25 bits per heavy atom. The Kier molecular flexibility index (Phi) is 5.25. The van der Waals surface area contributed by atoms with Gasteiger partial charge in [-0.15, -0.1) is 0 Å². The monoisotopic (exact) mass is 471 g/mol. The van der Waals surface area contributed by atoms with Gasteiger partial charge in [0.2, 0.25) is 0 Å². The molecule has 0 spiro atoms. The van der Waals surface area contributed by atoms with E-state index < -0.39 is 0 Å². The van der Waals surface area contributed by atoms with Crippen LogP contribution in [-0.2, 0) is 5.54 Å². The van der Waals surface area contributed by atoms with Crippen molar-refractivity contribution >= 4 is 21.9 Å². The third-order valence-electron chi connectivity index (χ3n) is 6.77. The smallest absolute Gasteiger partial charge is 0.160 e. The van der Waals surface area contributed by atoms with E-state index in [-0.39, 0.29) is 5.54 Å². The van der Waals surface area contributed by atoms with Crippen molar-refractivity contribution in [3.63, 3.8) is 0 Å². The summed E-state index contributed by atoms with van der Waals surface area (Å²) in [5.74, 6) is 1.57. The van der Waals surface area contributed by atoms with Gasteiger partial charge in [-0.2, -0.15) is 0 Å². The van der Waals surface area contributed by atoms with Gasteiger partial charge in [0.05, 0.1) is 22.2 Å². The molecule has 0 fully saturated rings. The number of hydrogen-bond donors (Lipinski definition) is 0. The highest BCUT2D eigenvalue weighted by Crippen LogP contribution is 2.37. The molecule has 0 radical (unpaired) electrons. The molecule has 1 aromatic carbocycles. The van der Waals surface area contributed by atoms with Crippen LogP contribution < -0.4 is 0 Å². The van der Waals surface area contributed by atoms with Gasteiger partial charge in [-0.25, -0.2) is 15.0 Å². The predicted molar refractivity (Wildman–Crippen MR) is 142 cm³/mol. The molecule has 0 aliphatic carbocycles. The molecule has 6 rings (SSSR count). The highest BCUT2D eigenvalue weighted by atomic mass is 15.1. The molecule has 0 N–H and O–H groups in total. The van der Waals surface area contributed by atoms with Crippen LogP contribution in [0, 0.1) is 0 Å². The Labute approximate surface area is 209 Å². The highest BCUT2D eigenvalue weighted by Gasteiger charge is 2.26. The molecule has 0 unspecified atom stereocenters. The van der Waals surface area contributed by atoms with Crippen LogP contribution in [0.5, 0.6) is 0 Å². The van der Waals surface area contributed by atoms with Crippen molar-refractivity contribution in [3.05, 3.63) is 85.7 Å². The maximum atomic E-state index is 5.11. The lowest BCUT2D eigenvalue weighted by Crippen LogP contribution is -2.26. The molecule has 0 amide bonds. The minimum atomic E-state index is -0.157. The van der Waals surface area contributed by atoms with Gasteiger partial charge in [-0.05, 0) is 68.8 Å². The Bertz CT molecular complexity index is 1680. The molecule has 0 saturated carbocycles. The van der Waals surface area contributed by atoms with Crippen LogP contribution in [0.4, 0.5) is 0 Å². The average Bonchev–Trinajstić information content (AvgIpc) is 3.32. The molecule has 7 heteroatoms. The van der Waals surface area contributed by atoms with Crippen molar-refractivity contribution in [1.29, 1.82) is 0 Å². The molecule has 0 aliphatic heterocycles. The lowest BCUT2D eigenvalue weighted by Gasteiger charge is -2.28. The third-order valence-corrected chi connectivity index (χ3v) is 6.77. The van der Waals surface area contributed by atoms with E-state index >= 15 is 0 Å². The molecular formula is C29H25N7. The Hall–Kier alpha value is -4.52. The molecule has 0 atom stereocenters. The van der Waals surface area contributed by atoms with Gasteiger partial charge in [0.15, 0.2) is 5.82 Å². The maximum absolute atomic E-state index is 5.11. The van der Waals surface area contributed by atoms with Crippen molar-refractivity contribution < 1.29 is 0 Å². The quantitative estimate of drug-likeness (QED) is 0.293. The molecular weight excluding hydrogens is 446 g/mol. The Morgan fingerprint density at radius 3 is 1.86 bits per heavy atom. The van der Waals surface area contributed by atoms with Gasteiger partial charge in [0.25, 0.3) is 0 Å². The van der Waals surface area contributed by atoms with Gasteiger partial charge in [-0.3, -0.25) is 15.0 Å². The number of aromatic nitrogens is 7. The summed E-state index contributed by atoms with van der Waals surface area (Å²) in [5.41, 5.74) is 6.44. The zero-order valence-corrected chi connectivity index (χ0v) is 20.4. The number of hydrogen-bond acceptors (Lipinski definition) is 6. The number of rotatable bonds is 5. The maximum Gasteiger partial charge on any atom is 0.160 e. The zero-order valence-electron chi connectivity index (χ0n) is 20.4. The summed E-state index contributed by atoms with van der Waals surface area (Å²) in [6.07, 6.45) is 11.7. The van der Waals surface area contributed by atoms with E-state index in [1.165, 1.54) is 0 Å². The summed E-state index contributed by atoms with van der Waals surface area (Å²) in [7, 11) is 0. The van der Waals surface area contributed by atoms with E-state index in [0.29, 0.717) is 5.82 Å². The van der Waals surface area contributed by atoms with Crippen LogP contribution in [0.3, 0.4) is 0 Å². The molecule has 5 aromatic heterocycles. The first-order valence-corrected chi connectivity index (χ1v) is 12.0. The predicted octanol–water partition coefficient (Wildman–Crippen LogP) is 6.31. The summed E-state index contributed by atoms with van der Waals surface area (Å²) in [4.78, 5) is 27.6. The normalized spacial score (nSPS) is 11.9. The molecule has 7 nitrogen and oxygen atoms in total. The lowest BCUT2D eigenvalue weighted by molar-refractivity contribution is 0.356. The molecule has 176 valence electrons. The van der Waals surface area contributed by atoms with E-state index in [1.807, 2.05) is 48.8 Å². The van der Waals surface area contributed by atoms with Gasteiger partial charge < -0.3 is 4.57 Å². The van der Waals surface area contributed by atoms with E-state index in [4.69, 9.17) is 15.0 Å². The average molecular weight is 472 g/mol. The number of benzene rings is 1. The van der Waals surface area contributed by atoms with Crippen LogP contribution >= 0.6 is 0 Å². The SMILES string of the molecule is CCC(C)(C)n1c(-c2ccncc2)nc2cc3nc(-c4ccncc4)nc(-c4ccncc4)c3cc21. The summed E-state index contributed by atoms with van der Waals surface area (Å²) in [6, 6.07) is 16.1. The second-order valence-electron chi connectivity index (χ2n) is 9.40. The van der Waals surface area contributed by atoms with Crippen LogP contribution in [0.25, 0.3) is 56.0 Å². The largest absolute Gasteiger partial charge is 0.318 e. The lowest BCUT2D eigenvalue weighted by atomic mass is 10.00. The Morgan fingerprint density at radius 1 is 0.667 bits per heavy atom. The molecule has 0 bridgehead atoms. The topological polar surface area (TPSA) is 82.3 Å². The zero-order chi connectivity index (χ0) is 24.7. The van der Waals surface area contributed by atoms with E-state index in [1.54, 1.807) is 24.8 Å². The third kappa shape index (κ3) is 3.69. The fourth-order valence-electron chi connectivity index (χ4n) is 4.53. The van der Waals surface area contributed by atoms with Crippen molar-refractivity contribution in [3.8, 4) is 34.0 Å². The van der Waals surface area contributed by atoms with Crippen molar-refractivity contribution in [2.75, 3.05) is 0 Å². The second kappa shape index (κ2) is 8.61. The number of pyridine rings is 3. The first-order chi connectivity index (χ1) is 17.5. The molecule has 6 aromatic rings. The standard InChI is InChI=1S/C29H25N7/c1-4-29(2,3)36-25-17-22-23(18-24(25)34-28(36)21-9-15-32-16-10-21)33-27(20-7-13-31-14-8-20)35-26(22)19-5-11-30-12-6-19/h5-18H,4H2,1-3H3. The number of nitrogens with zero attached hydrogens (tertiary/aromatic N) is 7. The summed E-state index contributed by atoms with van der Waals surface area (Å²) in [6.45, 7) is 6.70. The first-order valence-electron chi connectivity index (χ1n) is 12.0.